The third kappa shape index (κ3) is 3.36. The molecular weight excluding hydrogens is 337 g/mol. The fourth-order valence-electron chi connectivity index (χ4n) is 2.87. The van der Waals surface area contributed by atoms with Crippen molar-refractivity contribution in [2.75, 3.05) is 18.0 Å². The van der Waals surface area contributed by atoms with Gasteiger partial charge in [-0.15, -0.1) is 0 Å². The molecule has 1 aliphatic heterocycles. The SMILES string of the molecule is O=C(NC1CCN(c2ncc(Br)cc2F)CC1)C1CCC1. The molecule has 2 fully saturated rings. The van der Waals surface area contributed by atoms with E-state index in [1.165, 1.54) is 12.5 Å². The fourth-order valence-corrected chi connectivity index (χ4v) is 3.17. The molecule has 4 nitrogen and oxygen atoms in total. The monoisotopic (exact) mass is 355 g/mol. The fraction of sp³-hybridized carbons (Fsp3) is 0.600. The number of pyridine rings is 1. The number of rotatable bonds is 3. The van der Waals surface area contributed by atoms with Crippen LogP contribution in [0.3, 0.4) is 0 Å². The molecule has 0 spiro atoms. The molecule has 6 heteroatoms. The summed E-state index contributed by atoms with van der Waals surface area (Å²) in [5.74, 6) is 0.532. The van der Waals surface area contributed by atoms with Crippen molar-refractivity contribution >= 4 is 27.7 Å². The maximum atomic E-state index is 13.9. The van der Waals surface area contributed by atoms with Gasteiger partial charge in [-0.25, -0.2) is 9.37 Å². The van der Waals surface area contributed by atoms with Crippen LogP contribution in [-0.2, 0) is 4.79 Å². The zero-order chi connectivity index (χ0) is 14.8. The number of anilines is 1. The van der Waals surface area contributed by atoms with E-state index in [1.54, 1.807) is 6.20 Å². The number of amides is 1. The minimum Gasteiger partial charge on any atom is -0.354 e. The van der Waals surface area contributed by atoms with Crippen LogP contribution in [0, 0.1) is 11.7 Å². The Balaban J connectivity index is 1.53. The van der Waals surface area contributed by atoms with Gasteiger partial charge in [-0.05, 0) is 47.7 Å². The number of aromatic nitrogens is 1. The van der Waals surface area contributed by atoms with Crippen molar-refractivity contribution in [2.24, 2.45) is 5.92 Å². The molecule has 1 aromatic heterocycles. The molecule has 114 valence electrons. The molecule has 1 saturated heterocycles. The van der Waals surface area contributed by atoms with E-state index in [0.717, 1.165) is 38.8 Å². The van der Waals surface area contributed by atoms with E-state index in [-0.39, 0.29) is 23.7 Å². The zero-order valence-corrected chi connectivity index (χ0v) is 13.4. The van der Waals surface area contributed by atoms with E-state index in [0.29, 0.717) is 10.3 Å². The van der Waals surface area contributed by atoms with E-state index in [2.05, 4.69) is 26.2 Å². The van der Waals surface area contributed by atoms with E-state index >= 15 is 0 Å². The van der Waals surface area contributed by atoms with Crippen LogP contribution in [0.5, 0.6) is 0 Å². The Hall–Kier alpha value is -1.17. The van der Waals surface area contributed by atoms with Gasteiger partial charge in [0, 0.05) is 35.7 Å². The topological polar surface area (TPSA) is 45.2 Å². The number of hydrogen-bond acceptors (Lipinski definition) is 3. The van der Waals surface area contributed by atoms with Gasteiger partial charge in [0.25, 0.3) is 0 Å². The average molecular weight is 356 g/mol. The predicted octanol–water partition coefficient (Wildman–Crippen LogP) is 2.87. The highest BCUT2D eigenvalue weighted by Gasteiger charge is 2.29. The molecule has 0 radical (unpaired) electrons. The van der Waals surface area contributed by atoms with Crippen LogP contribution < -0.4 is 10.2 Å². The molecule has 3 rings (SSSR count). The third-order valence-corrected chi connectivity index (χ3v) is 4.84. The Morgan fingerprint density at radius 3 is 2.62 bits per heavy atom. The van der Waals surface area contributed by atoms with Gasteiger partial charge in [-0.2, -0.15) is 0 Å². The lowest BCUT2D eigenvalue weighted by atomic mass is 9.84. The van der Waals surface area contributed by atoms with Crippen LogP contribution in [0.15, 0.2) is 16.7 Å². The Morgan fingerprint density at radius 2 is 2.05 bits per heavy atom. The van der Waals surface area contributed by atoms with Gasteiger partial charge >= 0.3 is 0 Å². The number of nitrogens with zero attached hydrogens (tertiary/aromatic N) is 2. The molecule has 0 atom stereocenters. The average Bonchev–Trinajstić information content (AvgIpc) is 2.38. The van der Waals surface area contributed by atoms with Crippen LogP contribution in [0.4, 0.5) is 10.2 Å². The Morgan fingerprint density at radius 1 is 1.33 bits per heavy atom. The zero-order valence-electron chi connectivity index (χ0n) is 11.8. The number of carbonyl (C=O) groups excluding carboxylic acids is 1. The number of hydrogen-bond donors (Lipinski definition) is 1. The van der Waals surface area contributed by atoms with E-state index in [9.17, 15) is 9.18 Å². The van der Waals surface area contributed by atoms with Gasteiger partial charge in [-0.3, -0.25) is 4.79 Å². The minimum absolute atomic E-state index is 0.202. The Kier molecular flexibility index (Phi) is 4.42. The van der Waals surface area contributed by atoms with Crippen molar-refractivity contribution in [2.45, 2.75) is 38.1 Å². The molecule has 2 aliphatic rings. The molecule has 2 heterocycles. The van der Waals surface area contributed by atoms with Crippen molar-refractivity contribution in [3.63, 3.8) is 0 Å². The van der Waals surface area contributed by atoms with Gasteiger partial charge < -0.3 is 10.2 Å². The van der Waals surface area contributed by atoms with Crippen LogP contribution >= 0.6 is 15.9 Å². The minimum atomic E-state index is -0.304. The Labute approximate surface area is 132 Å². The first-order chi connectivity index (χ1) is 10.1. The van der Waals surface area contributed by atoms with Crippen molar-refractivity contribution in [3.8, 4) is 0 Å². The van der Waals surface area contributed by atoms with Gasteiger partial charge in [0.05, 0.1) is 0 Å². The molecule has 0 aromatic carbocycles. The van der Waals surface area contributed by atoms with Crippen LogP contribution in [0.2, 0.25) is 0 Å². The lowest BCUT2D eigenvalue weighted by Gasteiger charge is -2.34. The molecule has 1 amide bonds. The number of carbonyl (C=O) groups is 1. The summed E-state index contributed by atoms with van der Waals surface area (Å²) in [4.78, 5) is 18.0. The number of piperidine rings is 1. The summed E-state index contributed by atoms with van der Waals surface area (Å²) >= 11 is 3.21. The van der Waals surface area contributed by atoms with E-state index in [1.807, 2.05) is 4.90 Å². The summed E-state index contributed by atoms with van der Waals surface area (Å²) < 4.78 is 14.5. The van der Waals surface area contributed by atoms with Crippen molar-refractivity contribution in [1.29, 1.82) is 0 Å². The summed E-state index contributed by atoms with van der Waals surface area (Å²) in [6, 6.07) is 1.65. The summed E-state index contributed by atoms with van der Waals surface area (Å²) in [5.41, 5.74) is 0. The summed E-state index contributed by atoms with van der Waals surface area (Å²) in [7, 11) is 0. The molecular formula is C15H19BrFN3O. The molecule has 1 N–H and O–H groups in total. The maximum absolute atomic E-state index is 13.9. The van der Waals surface area contributed by atoms with E-state index in [4.69, 9.17) is 0 Å². The van der Waals surface area contributed by atoms with Crippen LogP contribution in [0.1, 0.15) is 32.1 Å². The van der Waals surface area contributed by atoms with Gasteiger partial charge in [-0.1, -0.05) is 6.42 Å². The standard InChI is InChI=1S/C15H19BrFN3O/c16-11-8-13(17)14(18-9-11)20-6-4-12(5-7-20)19-15(21)10-2-1-3-10/h8-10,12H,1-7H2,(H,19,21). The van der Waals surface area contributed by atoms with Crippen LogP contribution in [0.25, 0.3) is 0 Å². The molecule has 1 saturated carbocycles. The summed E-state index contributed by atoms with van der Waals surface area (Å²) in [5, 5.41) is 3.13. The summed E-state index contributed by atoms with van der Waals surface area (Å²) in [6.45, 7) is 1.45. The molecule has 0 bridgehead atoms. The van der Waals surface area contributed by atoms with Crippen LogP contribution in [-0.4, -0.2) is 30.0 Å². The highest BCUT2D eigenvalue weighted by molar-refractivity contribution is 9.10. The highest BCUT2D eigenvalue weighted by Crippen LogP contribution is 2.27. The normalized spacial score (nSPS) is 20.2. The van der Waals surface area contributed by atoms with Gasteiger partial charge in [0.15, 0.2) is 11.6 Å². The first-order valence-corrected chi connectivity index (χ1v) is 8.29. The third-order valence-electron chi connectivity index (χ3n) is 4.41. The molecule has 1 aliphatic carbocycles. The first-order valence-electron chi connectivity index (χ1n) is 7.50. The van der Waals surface area contributed by atoms with Gasteiger partial charge in [0.2, 0.25) is 5.91 Å². The van der Waals surface area contributed by atoms with Crippen molar-refractivity contribution < 1.29 is 9.18 Å². The Bertz CT molecular complexity index is 528. The highest BCUT2D eigenvalue weighted by atomic mass is 79.9. The lowest BCUT2D eigenvalue weighted by Crippen LogP contribution is -2.47. The van der Waals surface area contributed by atoms with E-state index < -0.39 is 0 Å². The van der Waals surface area contributed by atoms with Crippen molar-refractivity contribution in [3.05, 3.63) is 22.6 Å². The summed E-state index contributed by atoms with van der Waals surface area (Å²) in [6.07, 6.45) is 6.52. The first kappa shape index (κ1) is 14.8. The second-order valence-corrected chi connectivity index (χ2v) is 6.77. The predicted molar refractivity (Wildman–Crippen MR) is 82.6 cm³/mol. The van der Waals surface area contributed by atoms with Crippen molar-refractivity contribution in [1.82, 2.24) is 10.3 Å². The second-order valence-electron chi connectivity index (χ2n) is 5.86. The lowest BCUT2D eigenvalue weighted by molar-refractivity contribution is -0.128. The molecule has 21 heavy (non-hydrogen) atoms. The molecule has 1 aromatic rings. The molecule has 0 unspecified atom stereocenters. The smallest absolute Gasteiger partial charge is 0.223 e. The van der Waals surface area contributed by atoms with Gasteiger partial charge in [0.1, 0.15) is 0 Å². The second kappa shape index (κ2) is 6.30. The number of nitrogens with one attached hydrogen (secondary N) is 1. The maximum Gasteiger partial charge on any atom is 0.223 e. The largest absolute Gasteiger partial charge is 0.354 e. The number of halogens is 2. The quantitative estimate of drug-likeness (QED) is 0.906.